The van der Waals surface area contributed by atoms with E-state index in [2.05, 4.69) is 35.6 Å². The molecule has 0 saturated heterocycles. The minimum absolute atomic E-state index is 0.168. The lowest BCUT2D eigenvalue weighted by molar-refractivity contribution is 0.228. The van der Waals surface area contributed by atoms with E-state index in [9.17, 15) is 4.39 Å². The summed E-state index contributed by atoms with van der Waals surface area (Å²) in [5.41, 5.74) is 5.05. The van der Waals surface area contributed by atoms with Gasteiger partial charge in [-0.15, -0.1) is 0 Å². The minimum Gasteiger partial charge on any atom is -0.344 e. The molecule has 0 fully saturated rings. The maximum absolute atomic E-state index is 13.5. The Morgan fingerprint density at radius 2 is 2.04 bits per heavy atom. The Labute approximate surface area is 152 Å². The molecule has 130 valence electrons. The second-order valence-electron chi connectivity index (χ2n) is 7.09. The number of fused-ring (bicyclic) bond motifs is 3. The van der Waals surface area contributed by atoms with Crippen LogP contribution >= 0.6 is 11.6 Å². The normalized spacial score (nSPS) is 17.8. The highest BCUT2D eigenvalue weighted by Crippen LogP contribution is 2.34. The molecule has 0 radical (unpaired) electrons. The van der Waals surface area contributed by atoms with Gasteiger partial charge in [-0.25, -0.2) is 4.39 Å². The summed E-state index contributed by atoms with van der Waals surface area (Å²) in [6.45, 7) is 4.07. The van der Waals surface area contributed by atoms with Gasteiger partial charge >= 0.3 is 0 Å². The number of hydrogen-bond donors (Lipinski definition) is 0. The lowest BCUT2D eigenvalue weighted by Crippen LogP contribution is -2.35. The Bertz CT molecular complexity index is 931. The van der Waals surface area contributed by atoms with Gasteiger partial charge in [0.15, 0.2) is 0 Å². The van der Waals surface area contributed by atoms with E-state index in [0.717, 1.165) is 36.5 Å². The van der Waals surface area contributed by atoms with Gasteiger partial charge in [0, 0.05) is 47.2 Å². The molecule has 1 aliphatic heterocycles. The average Bonchev–Trinajstić information content (AvgIpc) is 2.86. The fourth-order valence-corrected chi connectivity index (χ4v) is 4.06. The highest BCUT2D eigenvalue weighted by atomic mass is 35.5. The smallest absolute Gasteiger partial charge is 0.123 e. The maximum Gasteiger partial charge on any atom is 0.123 e. The van der Waals surface area contributed by atoms with Gasteiger partial charge in [-0.1, -0.05) is 23.7 Å². The van der Waals surface area contributed by atoms with E-state index in [4.69, 9.17) is 11.6 Å². The summed E-state index contributed by atoms with van der Waals surface area (Å²) in [7, 11) is 2.17. The van der Waals surface area contributed by atoms with E-state index in [-0.39, 0.29) is 5.82 Å². The number of rotatable bonds is 3. The Morgan fingerprint density at radius 1 is 1.20 bits per heavy atom. The molecular weight excluding hydrogens is 335 g/mol. The Morgan fingerprint density at radius 3 is 2.84 bits per heavy atom. The first-order valence-corrected chi connectivity index (χ1v) is 9.15. The standard InChI is InChI=1S/C21H22ClFN2/c1-14-10-21-19(13-24(14)2)18-12-16(22)6-7-20(18)25(21)9-8-15-4-3-5-17(23)11-15/h3-7,11-12,14H,8-10,13H2,1-2H3. The van der Waals surface area contributed by atoms with Crippen molar-refractivity contribution in [3.63, 3.8) is 0 Å². The van der Waals surface area contributed by atoms with Crippen LogP contribution in [0.3, 0.4) is 0 Å². The lowest BCUT2D eigenvalue weighted by Gasteiger charge is -2.31. The second kappa shape index (κ2) is 6.47. The zero-order valence-corrected chi connectivity index (χ0v) is 15.4. The number of aromatic nitrogens is 1. The first-order chi connectivity index (χ1) is 12.0. The van der Waals surface area contributed by atoms with Gasteiger partial charge in [-0.05, 0) is 61.9 Å². The summed E-state index contributed by atoms with van der Waals surface area (Å²) in [5, 5.41) is 2.03. The van der Waals surface area contributed by atoms with E-state index < -0.39 is 0 Å². The summed E-state index contributed by atoms with van der Waals surface area (Å²) >= 11 is 6.26. The summed E-state index contributed by atoms with van der Waals surface area (Å²) in [4.78, 5) is 2.39. The molecular formula is C21H22ClFN2. The van der Waals surface area contributed by atoms with Gasteiger partial charge in [0.2, 0.25) is 0 Å². The first-order valence-electron chi connectivity index (χ1n) is 8.77. The van der Waals surface area contributed by atoms with Crippen molar-refractivity contribution in [3.05, 3.63) is 70.1 Å². The highest BCUT2D eigenvalue weighted by Gasteiger charge is 2.26. The fraction of sp³-hybridized carbons (Fsp3) is 0.333. The molecule has 2 heterocycles. The van der Waals surface area contributed by atoms with Crippen LogP contribution < -0.4 is 0 Å². The van der Waals surface area contributed by atoms with Gasteiger partial charge in [-0.2, -0.15) is 0 Å². The van der Waals surface area contributed by atoms with E-state index >= 15 is 0 Å². The quantitative estimate of drug-likeness (QED) is 0.637. The van der Waals surface area contributed by atoms with Crippen LogP contribution in [0.2, 0.25) is 5.02 Å². The van der Waals surface area contributed by atoms with Crippen LogP contribution in [0.1, 0.15) is 23.7 Å². The third-order valence-electron chi connectivity index (χ3n) is 5.41. The molecule has 4 rings (SSSR count). The number of aryl methyl sites for hydroxylation is 2. The van der Waals surface area contributed by atoms with Crippen molar-refractivity contribution < 1.29 is 4.39 Å². The molecule has 1 aliphatic rings. The van der Waals surface area contributed by atoms with Crippen LogP contribution in [0, 0.1) is 5.82 Å². The minimum atomic E-state index is -0.168. The molecule has 0 saturated carbocycles. The topological polar surface area (TPSA) is 8.17 Å². The molecule has 0 amide bonds. The van der Waals surface area contributed by atoms with Crippen LogP contribution in [0.4, 0.5) is 4.39 Å². The Kier molecular flexibility index (Phi) is 4.30. The number of benzene rings is 2. The van der Waals surface area contributed by atoms with Crippen LogP contribution in [0.15, 0.2) is 42.5 Å². The van der Waals surface area contributed by atoms with Crippen molar-refractivity contribution >= 4 is 22.5 Å². The third-order valence-corrected chi connectivity index (χ3v) is 5.65. The van der Waals surface area contributed by atoms with E-state index in [1.54, 1.807) is 12.1 Å². The molecule has 3 aromatic rings. The molecule has 0 spiro atoms. The van der Waals surface area contributed by atoms with Crippen LogP contribution in [0.5, 0.6) is 0 Å². The third kappa shape index (κ3) is 3.07. The second-order valence-corrected chi connectivity index (χ2v) is 7.52. The largest absolute Gasteiger partial charge is 0.344 e. The number of hydrogen-bond acceptors (Lipinski definition) is 1. The lowest BCUT2D eigenvalue weighted by atomic mass is 10.00. The molecule has 4 heteroatoms. The summed E-state index contributed by atoms with van der Waals surface area (Å²) in [5.74, 6) is -0.168. The van der Waals surface area contributed by atoms with Crippen LogP contribution in [0.25, 0.3) is 10.9 Å². The number of nitrogens with zero attached hydrogens (tertiary/aromatic N) is 2. The number of likely N-dealkylation sites (N-methyl/N-ethyl adjacent to an activating group) is 1. The van der Waals surface area contributed by atoms with Crippen molar-refractivity contribution in [2.45, 2.75) is 38.9 Å². The van der Waals surface area contributed by atoms with Gasteiger partial charge in [-0.3, -0.25) is 4.90 Å². The van der Waals surface area contributed by atoms with E-state index in [1.807, 2.05) is 12.1 Å². The van der Waals surface area contributed by atoms with Crippen molar-refractivity contribution in [1.82, 2.24) is 9.47 Å². The molecule has 0 N–H and O–H groups in total. The molecule has 1 unspecified atom stereocenters. The van der Waals surface area contributed by atoms with Crippen molar-refractivity contribution in [1.29, 1.82) is 0 Å². The molecule has 1 aromatic heterocycles. The number of halogens is 2. The molecule has 25 heavy (non-hydrogen) atoms. The predicted octanol–water partition coefficient (Wildman–Crippen LogP) is 5.05. The van der Waals surface area contributed by atoms with Crippen LogP contribution in [-0.4, -0.2) is 22.6 Å². The molecule has 2 aromatic carbocycles. The summed E-state index contributed by atoms with van der Waals surface area (Å²) in [6, 6.07) is 13.6. The summed E-state index contributed by atoms with van der Waals surface area (Å²) < 4.78 is 15.9. The molecule has 1 atom stereocenters. The molecule has 2 nitrogen and oxygen atoms in total. The summed E-state index contributed by atoms with van der Waals surface area (Å²) in [6.07, 6.45) is 1.85. The van der Waals surface area contributed by atoms with Crippen molar-refractivity contribution in [3.8, 4) is 0 Å². The van der Waals surface area contributed by atoms with Crippen LogP contribution in [-0.2, 0) is 25.9 Å². The predicted molar refractivity (Wildman–Crippen MR) is 102 cm³/mol. The van der Waals surface area contributed by atoms with Gasteiger partial charge in [0.05, 0.1) is 0 Å². The Hall–Kier alpha value is -1.84. The SMILES string of the molecule is CC1Cc2c(c3cc(Cl)ccc3n2CCc2cccc(F)c2)CN1C. The first kappa shape index (κ1) is 16.6. The fourth-order valence-electron chi connectivity index (χ4n) is 3.89. The van der Waals surface area contributed by atoms with Gasteiger partial charge in [0.25, 0.3) is 0 Å². The van der Waals surface area contributed by atoms with Gasteiger partial charge in [0.1, 0.15) is 5.82 Å². The molecule has 0 bridgehead atoms. The maximum atomic E-state index is 13.5. The zero-order chi connectivity index (χ0) is 17.6. The molecule has 0 aliphatic carbocycles. The monoisotopic (exact) mass is 356 g/mol. The zero-order valence-electron chi connectivity index (χ0n) is 14.6. The average molecular weight is 357 g/mol. The Balaban J connectivity index is 1.76. The van der Waals surface area contributed by atoms with Gasteiger partial charge < -0.3 is 4.57 Å². The van der Waals surface area contributed by atoms with E-state index in [0.29, 0.717) is 6.04 Å². The van der Waals surface area contributed by atoms with Crippen molar-refractivity contribution in [2.24, 2.45) is 0 Å². The van der Waals surface area contributed by atoms with Crippen molar-refractivity contribution in [2.75, 3.05) is 7.05 Å². The highest BCUT2D eigenvalue weighted by molar-refractivity contribution is 6.31. The van der Waals surface area contributed by atoms with E-state index in [1.165, 1.54) is 28.2 Å².